The average Bonchev–Trinajstić information content (AvgIpc) is 2.91. The number of fused-ring (bicyclic) bond motifs is 1. The first-order valence-electron chi connectivity index (χ1n) is 6.73. The molecule has 0 saturated carbocycles. The molecule has 3 rings (SSSR count). The predicted octanol–water partition coefficient (Wildman–Crippen LogP) is 4.63. The summed E-state index contributed by atoms with van der Waals surface area (Å²) in [5.74, 6) is 1.84. The van der Waals surface area contributed by atoms with Gasteiger partial charge in [-0.05, 0) is 35.7 Å². The van der Waals surface area contributed by atoms with Crippen molar-refractivity contribution in [1.82, 2.24) is 4.98 Å². The molecule has 0 aliphatic carbocycles. The first-order valence-corrected chi connectivity index (χ1v) is 6.73. The predicted molar refractivity (Wildman–Crippen MR) is 80.1 cm³/mol. The molecule has 0 fully saturated rings. The van der Waals surface area contributed by atoms with Crippen LogP contribution in [0, 0.1) is 0 Å². The Hall–Kier alpha value is -2.29. The van der Waals surface area contributed by atoms with Gasteiger partial charge in [-0.1, -0.05) is 32.0 Å². The molecule has 0 spiro atoms. The molecule has 0 amide bonds. The summed E-state index contributed by atoms with van der Waals surface area (Å²) >= 11 is 0. The Morgan fingerprint density at radius 2 is 1.90 bits per heavy atom. The molecule has 1 heterocycles. The second-order valence-corrected chi connectivity index (χ2v) is 5.10. The van der Waals surface area contributed by atoms with Gasteiger partial charge in [0, 0.05) is 5.56 Å². The monoisotopic (exact) mass is 267 g/mol. The van der Waals surface area contributed by atoms with E-state index in [-0.39, 0.29) is 0 Å². The van der Waals surface area contributed by atoms with Crippen molar-refractivity contribution >= 4 is 11.1 Å². The molecule has 1 aromatic heterocycles. The molecule has 102 valence electrons. The summed E-state index contributed by atoms with van der Waals surface area (Å²) in [5.41, 5.74) is 3.88. The van der Waals surface area contributed by atoms with Gasteiger partial charge in [-0.3, -0.25) is 0 Å². The molecule has 0 unspecified atom stereocenters. The van der Waals surface area contributed by atoms with Crippen molar-refractivity contribution in [2.24, 2.45) is 0 Å². The van der Waals surface area contributed by atoms with E-state index < -0.39 is 0 Å². The van der Waals surface area contributed by atoms with Gasteiger partial charge in [0.25, 0.3) is 0 Å². The van der Waals surface area contributed by atoms with Gasteiger partial charge in [-0.2, -0.15) is 0 Å². The van der Waals surface area contributed by atoms with E-state index in [4.69, 9.17) is 9.15 Å². The normalized spacial score (nSPS) is 11.2. The third-order valence-electron chi connectivity index (χ3n) is 3.38. The topological polar surface area (TPSA) is 35.3 Å². The van der Waals surface area contributed by atoms with Crippen LogP contribution in [0.25, 0.3) is 22.6 Å². The first kappa shape index (κ1) is 12.7. The molecule has 0 bridgehead atoms. The molecule has 2 aromatic carbocycles. The van der Waals surface area contributed by atoms with Gasteiger partial charge in [0.1, 0.15) is 11.3 Å². The van der Waals surface area contributed by atoms with Crippen LogP contribution in [0.2, 0.25) is 0 Å². The molecular formula is C17H17NO2. The van der Waals surface area contributed by atoms with Gasteiger partial charge < -0.3 is 9.15 Å². The van der Waals surface area contributed by atoms with Gasteiger partial charge in [0.05, 0.1) is 7.11 Å². The van der Waals surface area contributed by atoms with Crippen molar-refractivity contribution < 1.29 is 9.15 Å². The standard InChI is InChI=1S/C17H17NO2/c1-11(2)14-8-5-9-15-16(14)20-17(18-15)12-6-4-7-13(10-12)19-3/h4-11H,1-3H3. The highest BCUT2D eigenvalue weighted by molar-refractivity contribution is 5.80. The number of aromatic nitrogens is 1. The van der Waals surface area contributed by atoms with Crippen LogP contribution in [0.5, 0.6) is 5.75 Å². The highest BCUT2D eigenvalue weighted by Crippen LogP contribution is 2.31. The summed E-state index contributed by atoms with van der Waals surface area (Å²) in [6.07, 6.45) is 0. The lowest BCUT2D eigenvalue weighted by atomic mass is 10.0. The maximum Gasteiger partial charge on any atom is 0.227 e. The number of methoxy groups -OCH3 is 1. The van der Waals surface area contributed by atoms with Gasteiger partial charge in [0.2, 0.25) is 5.89 Å². The van der Waals surface area contributed by atoms with Crippen LogP contribution in [0.3, 0.4) is 0 Å². The van der Waals surface area contributed by atoms with Crippen LogP contribution in [-0.4, -0.2) is 12.1 Å². The lowest BCUT2D eigenvalue weighted by Gasteiger charge is -2.04. The number of hydrogen-bond donors (Lipinski definition) is 0. The van der Waals surface area contributed by atoms with Crippen LogP contribution in [0.15, 0.2) is 46.9 Å². The van der Waals surface area contributed by atoms with Crippen LogP contribution in [0.4, 0.5) is 0 Å². The number of para-hydroxylation sites is 1. The van der Waals surface area contributed by atoms with E-state index in [0.717, 1.165) is 22.4 Å². The Bertz CT molecular complexity index is 744. The molecular weight excluding hydrogens is 250 g/mol. The molecule has 3 aromatic rings. The first-order chi connectivity index (χ1) is 9.69. The van der Waals surface area contributed by atoms with E-state index in [1.54, 1.807) is 7.11 Å². The van der Waals surface area contributed by atoms with Crippen LogP contribution >= 0.6 is 0 Å². The molecule has 0 radical (unpaired) electrons. The summed E-state index contributed by atoms with van der Waals surface area (Å²) in [4.78, 5) is 4.58. The number of rotatable bonds is 3. The van der Waals surface area contributed by atoms with Crippen molar-refractivity contribution in [2.75, 3.05) is 7.11 Å². The van der Waals surface area contributed by atoms with Crippen molar-refractivity contribution in [3.8, 4) is 17.2 Å². The Kier molecular flexibility index (Phi) is 3.18. The minimum absolute atomic E-state index is 0.407. The Balaban J connectivity index is 2.15. The van der Waals surface area contributed by atoms with E-state index in [0.29, 0.717) is 11.8 Å². The summed E-state index contributed by atoms with van der Waals surface area (Å²) < 4.78 is 11.2. The molecule has 20 heavy (non-hydrogen) atoms. The Morgan fingerprint density at radius 1 is 1.10 bits per heavy atom. The molecule has 0 saturated heterocycles. The minimum atomic E-state index is 0.407. The van der Waals surface area contributed by atoms with Crippen molar-refractivity contribution in [1.29, 1.82) is 0 Å². The van der Waals surface area contributed by atoms with Gasteiger partial charge in [0.15, 0.2) is 5.58 Å². The fraction of sp³-hybridized carbons (Fsp3) is 0.235. The molecule has 0 N–H and O–H groups in total. The SMILES string of the molecule is COc1cccc(-c2nc3cccc(C(C)C)c3o2)c1. The lowest BCUT2D eigenvalue weighted by molar-refractivity contribution is 0.415. The average molecular weight is 267 g/mol. The molecule has 3 nitrogen and oxygen atoms in total. The molecule has 0 atom stereocenters. The van der Waals surface area contributed by atoms with Crippen molar-refractivity contribution in [3.63, 3.8) is 0 Å². The molecule has 0 aliphatic heterocycles. The second kappa shape index (κ2) is 5.00. The van der Waals surface area contributed by atoms with Crippen LogP contribution < -0.4 is 4.74 Å². The summed E-state index contributed by atoms with van der Waals surface area (Å²) in [6.45, 7) is 4.31. The van der Waals surface area contributed by atoms with Crippen molar-refractivity contribution in [3.05, 3.63) is 48.0 Å². The number of nitrogens with zero attached hydrogens (tertiary/aromatic N) is 1. The highest BCUT2D eigenvalue weighted by atomic mass is 16.5. The van der Waals surface area contributed by atoms with E-state index in [9.17, 15) is 0 Å². The van der Waals surface area contributed by atoms with Crippen LogP contribution in [-0.2, 0) is 0 Å². The summed E-state index contributed by atoms with van der Waals surface area (Å²) in [6, 6.07) is 13.8. The van der Waals surface area contributed by atoms with E-state index >= 15 is 0 Å². The number of benzene rings is 2. The van der Waals surface area contributed by atoms with Gasteiger partial charge in [-0.15, -0.1) is 0 Å². The Labute approximate surface area is 118 Å². The van der Waals surface area contributed by atoms with E-state index in [2.05, 4.69) is 24.9 Å². The summed E-state index contributed by atoms with van der Waals surface area (Å²) in [7, 11) is 1.65. The third kappa shape index (κ3) is 2.16. The quantitative estimate of drug-likeness (QED) is 0.694. The fourth-order valence-corrected chi connectivity index (χ4v) is 2.30. The maximum absolute atomic E-state index is 5.98. The molecule has 3 heteroatoms. The smallest absolute Gasteiger partial charge is 0.227 e. The fourth-order valence-electron chi connectivity index (χ4n) is 2.30. The van der Waals surface area contributed by atoms with Crippen molar-refractivity contribution in [2.45, 2.75) is 19.8 Å². The van der Waals surface area contributed by atoms with E-state index in [1.807, 2.05) is 36.4 Å². The second-order valence-electron chi connectivity index (χ2n) is 5.10. The van der Waals surface area contributed by atoms with Gasteiger partial charge >= 0.3 is 0 Å². The highest BCUT2D eigenvalue weighted by Gasteiger charge is 2.13. The van der Waals surface area contributed by atoms with E-state index in [1.165, 1.54) is 5.56 Å². The number of hydrogen-bond acceptors (Lipinski definition) is 3. The zero-order chi connectivity index (χ0) is 14.1. The Morgan fingerprint density at radius 3 is 2.65 bits per heavy atom. The zero-order valence-corrected chi connectivity index (χ0v) is 11.9. The third-order valence-corrected chi connectivity index (χ3v) is 3.38. The lowest BCUT2D eigenvalue weighted by Crippen LogP contribution is -1.86. The molecule has 0 aliphatic rings. The zero-order valence-electron chi connectivity index (χ0n) is 11.9. The number of oxazole rings is 1. The number of ether oxygens (including phenoxy) is 1. The van der Waals surface area contributed by atoms with Gasteiger partial charge in [-0.25, -0.2) is 4.98 Å². The van der Waals surface area contributed by atoms with Crippen LogP contribution in [0.1, 0.15) is 25.3 Å². The minimum Gasteiger partial charge on any atom is -0.497 e. The maximum atomic E-state index is 5.98. The summed E-state index contributed by atoms with van der Waals surface area (Å²) in [5, 5.41) is 0. The largest absolute Gasteiger partial charge is 0.497 e.